The molecule has 4 aliphatic heterocycles. The van der Waals surface area contributed by atoms with Crippen molar-refractivity contribution < 1.29 is 38.0 Å². The van der Waals surface area contributed by atoms with E-state index >= 15 is 0 Å². The Hall–Kier alpha value is -2.30. The summed E-state index contributed by atoms with van der Waals surface area (Å²) in [6, 6.07) is 9.38. The van der Waals surface area contributed by atoms with Crippen molar-refractivity contribution in [2.45, 2.75) is 95.8 Å². The quantitative estimate of drug-likeness (QED) is 0.568. The number of ether oxygens (including phenoxy) is 6. The van der Waals surface area contributed by atoms with Gasteiger partial charge in [0.25, 0.3) is 0 Å². The first-order chi connectivity index (χ1) is 17.0. The molecule has 0 spiro atoms. The van der Waals surface area contributed by atoms with Crippen LogP contribution in [0.25, 0.3) is 0 Å². The molecule has 0 saturated carbocycles. The Balaban J connectivity index is 1.38. The van der Waals surface area contributed by atoms with E-state index in [1.54, 1.807) is 4.90 Å². The van der Waals surface area contributed by atoms with Crippen LogP contribution in [0.2, 0.25) is 0 Å². The first-order valence-corrected chi connectivity index (χ1v) is 12.5. The van der Waals surface area contributed by atoms with E-state index in [0.717, 1.165) is 5.56 Å². The average Bonchev–Trinajstić information content (AvgIpc) is 3.46. The third-order valence-electron chi connectivity index (χ3n) is 6.70. The summed E-state index contributed by atoms with van der Waals surface area (Å²) in [6.07, 6.45) is -0.751. The van der Waals surface area contributed by atoms with Gasteiger partial charge in [0.1, 0.15) is 30.0 Å². The van der Waals surface area contributed by atoms with Crippen LogP contribution < -0.4 is 0 Å². The fourth-order valence-corrected chi connectivity index (χ4v) is 5.21. The van der Waals surface area contributed by atoms with Gasteiger partial charge in [0, 0.05) is 5.57 Å². The van der Waals surface area contributed by atoms with E-state index in [1.165, 1.54) is 0 Å². The molecule has 9 heteroatoms. The van der Waals surface area contributed by atoms with E-state index in [-0.39, 0.29) is 30.6 Å². The Morgan fingerprint density at radius 1 is 1.19 bits per heavy atom. The monoisotopic (exact) mass is 501 g/mol. The van der Waals surface area contributed by atoms with Crippen molar-refractivity contribution in [1.29, 1.82) is 0 Å². The van der Waals surface area contributed by atoms with Crippen molar-refractivity contribution in [3.63, 3.8) is 0 Å². The van der Waals surface area contributed by atoms with E-state index in [1.807, 2.05) is 71.0 Å². The van der Waals surface area contributed by atoms with Gasteiger partial charge >= 0.3 is 6.09 Å². The highest BCUT2D eigenvalue weighted by Gasteiger charge is 2.54. The maximum Gasteiger partial charge on any atom is 0.410 e. The molecule has 0 aromatic heterocycles. The summed E-state index contributed by atoms with van der Waals surface area (Å²) in [5.74, 6) is -0.895. The van der Waals surface area contributed by atoms with Crippen molar-refractivity contribution in [1.82, 2.24) is 4.90 Å². The minimum absolute atomic E-state index is 0.149. The molecule has 5 rings (SSSR count). The summed E-state index contributed by atoms with van der Waals surface area (Å²) in [5, 5.41) is 0. The molecule has 0 N–H and O–H groups in total. The fraction of sp³-hybridized carbons (Fsp3) is 0.630. The van der Waals surface area contributed by atoms with Crippen LogP contribution >= 0.6 is 0 Å². The highest BCUT2D eigenvalue weighted by Crippen LogP contribution is 2.39. The van der Waals surface area contributed by atoms with Crippen molar-refractivity contribution in [3.8, 4) is 0 Å². The molecule has 196 valence electrons. The van der Waals surface area contributed by atoms with E-state index in [4.69, 9.17) is 28.4 Å². The number of hydrogen-bond donors (Lipinski definition) is 0. The number of ketones is 1. The molecule has 0 aliphatic carbocycles. The lowest BCUT2D eigenvalue weighted by molar-refractivity contribution is -0.166. The molecule has 4 heterocycles. The lowest BCUT2D eigenvalue weighted by atomic mass is 9.95. The largest absolute Gasteiger partial charge is 0.444 e. The number of nitrogens with zero attached hydrogens (tertiary/aromatic N) is 1. The molecule has 4 fully saturated rings. The van der Waals surface area contributed by atoms with Crippen LogP contribution in [-0.4, -0.2) is 78.1 Å². The van der Waals surface area contributed by atoms with Crippen LogP contribution in [0.5, 0.6) is 0 Å². The van der Waals surface area contributed by atoms with Gasteiger partial charge < -0.3 is 28.4 Å². The topological polar surface area (TPSA) is 92.8 Å². The third kappa shape index (κ3) is 5.21. The zero-order chi connectivity index (χ0) is 25.7. The number of fused-ring (bicyclic) bond motifs is 3. The van der Waals surface area contributed by atoms with Gasteiger partial charge in [0.05, 0.1) is 25.8 Å². The van der Waals surface area contributed by atoms with E-state index < -0.39 is 36.0 Å². The molecule has 4 aliphatic rings. The number of benzene rings is 1. The van der Waals surface area contributed by atoms with E-state index in [2.05, 4.69) is 0 Å². The highest BCUT2D eigenvalue weighted by atomic mass is 16.8. The zero-order valence-corrected chi connectivity index (χ0v) is 21.5. The molecule has 9 nitrogen and oxygen atoms in total. The molecule has 2 bridgehead atoms. The number of Topliss-reactive ketones (excluding diaryl/α,β-unsaturated/α-hetero) is 1. The number of hydrogen-bond acceptors (Lipinski definition) is 8. The molecular formula is C27H35NO8. The van der Waals surface area contributed by atoms with Crippen LogP contribution in [0.3, 0.4) is 0 Å². The van der Waals surface area contributed by atoms with Gasteiger partial charge in [-0.05, 0) is 46.6 Å². The van der Waals surface area contributed by atoms with Gasteiger partial charge in [-0.15, -0.1) is 0 Å². The second-order valence-corrected chi connectivity index (χ2v) is 11.1. The molecular weight excluding hydrogens is 466 g/mol. The number of rotatable bonds is 5. The number of carbonyl (C=O) groups is 2. The standard InChI is InChI=1S/C27H35NO8/c1-26(2,3)36-25(30)28-13-19-23(35-27(4,5)34-19)18(28)12-11-17-21(29)20-15-32-24(33-20)22(17)31-14-16-9-7-6-8-10-16/h6-11,18-20,22-24H,12-15H2,1-5H3/b17-11-/t18-,19-,20+,22+,23+,24+/m0/s1. The maximum atomic E-state index is 13.2. The predicted octanol–water partition coefficient (Wildman–Crippen LogP) is 3.35. The zero-order valence-electron chi connectivity index (χ0n) is 21.5. The first-order valence-electron chi connectivity index (χ1n) is 12.5. The van der Waals surface area contributed by atoms with Crippen LogP contribution in [-0.2, 0) is 39.8 Å². The maximum absolute atomic E-state index is 13.2. The predicted molar refractivity (Wildman–Crippen MR) is 128 cm³/mol. The van der Waals surface area contributed by atoms with Crippen LogP contribution in [0.15, 0.2) is 42.0 Å². The van der Waals surface area contributed by atoms with Gasteiger partial charge in [0.2, 0.25) is 0 Å². The Bertz CT molecular complexity index is 1020. The highest BCUT2D eigenvalue weighted by molar-refractivity contribution is 6.01. The minimum atomic E-state index is -0.747. The number of amides is 1. The van der Waals surface area contributed by atoms with Crippen molar-refractivity contribution in [2.75, 3.05) is 13.2 Å². The van der Waals surface area contributed by atoms with Crippen LogP contribution in [0.4, 0.5) is 4.79 Å². The molecule has 6 atom stereocenters. The lowest BCUT2D eigenvalue weighted by Crippen LogP contribution is -2.45. The average molecular weight is 502 g/mol. The summed E-state index contributed by atoms with van der Waals surface area (Å²) in [5.41, 5.74) is 0.857. The Labute approximate surface area is 211 Å². The Morgan fingerprint density at radius 2 is 1.94 bits per heavy atom. The smallest absolute Gasteiger partial charge is 0.410 e. The second kappa shape index (κ2) is 9.54. The summed E-state index contributed by atoms with van der Waals surface area (Å²) in [7, 11) is 0. The molecule has 1 amide bonds. The fourth-order valence-electron chi connectivity index (χ4n) is 5.21. The SMILES string of the molecule is CC(C)(C)OC(=O)N1C[C@@H]2OC(C)(C)O[C@@H]2[C@@H]1C/C=C1/C(=O)[C@H]2CO[C@H](O2)[C@@H]1OCc1ccccc1. The summed E-state index contributed by atoms with van der Waals surface area (Å²) < 4.78 is 35.5. The van der Waals surface area contributed by atoms with Gasteiger partial charge in [-0.2, -0.15) is 0 Å². The van der Waals surface area contributed by atoms with Gasteiger partial charge in [-0.3, -0.25) is 9.69 Å². The Morgan fingerprint density at radius 3 is 2.67 bits per heavy atom. The Kier molecular flexibility index (Phi) is 6.72. The molecule has 36 heavy (non-hydrogen) atoms. The van der Waals surface area contributed by atoms with Crippen LogP contribution in [0, 0.1) is 0 Å². The lowest BCUT2D eigenvalue weighted by Gasteiger charge is -2.32. The van der Waals surface area contributed by atoms with Gasteiger partial charge in [-0.25, -0.2) is 4.79 Å². The van der Waals surface area contributed by atoms with Crippen molar-refractivity contribution >= 4 is 11.9 Å². The van der Waals surface area contributed by atoms with E-state index in [9.17, 15) is 9.59 Å². The van der Waals surface area contributed by atoms with Crippen molar-refractivity contribution in [3.05, 3.63) is 47.5 Å². The second-order valence-electron chi connectivity index (χ2n) is 11.1. The van der Waals surface area contributed by atoms with E-state index in [0.29, 0.717) is 25.1 Å². The molecule has 4 saturated heterocycles. The molecule has 1 aromatic carbocycles. The minimum Gasteiger partial charge on any atom is -0.444 e. The molecule has 1 aromatic rings. The van der Waals surface area contributed by atoms with Crippen LogP contribution in [0.1, 0.15) is 46.6 Å². The normalized spacial score (nSPS) is 34.3. The summed E-state index contributed by atoms with van der Waals surface area (Å²) in [4.78, 5) is 27.9. The molecule has 0 unspecified atom stereocenters. The third-order valence-corrected chi connectivity index (χ3v) is 6.70. The van der Waals surface area contributed by atoms with Gasteiger partial charge in [-0.1, -0.05) is 36.4 Å². The van der Waals surface area contributed by atoms with Crippen molar-refractivity contribution in [2.24, 2.45) is 0 Å². The number of likely N-dealkylation sites (tertiary alicyclic amines) is 1. The van der Waals surface area contributed by atoms with Gasteiger partial charge in [0.15, 0.2) is 17.9 Å². The first kappa shape index (κ1) is 25.4. The molecule has 0 radical (unpaired) electrons. The number of carbonyl (C=O) groups excluding carboxylic acids is 2. The summed E-state index contributed by atoms with van der Waals surface area (Å²) >= 11 is 0. The summed E-state index contributed by atoms with van der Waals surface area (Å²) in [6.45, 7) is 10.1.